The third-order valence-corrected chi connectivity index (χ3v) is 6.33. The van der Waals surface area contributed by atoms with Gasteiger partial charge in [0.1, 0.15) is 0 Å². The Hall–Kier alpha value is -0.780. The van der Waals surface area contributed by atoms with Crippen molar-refractivity contribution in [3.63, 3.8) is 0 Å². The van der Waals surface area contributed by atoms with Crippen molar-refractivity contribution >= 4 is 0 Å². The lowest BCUT2D eigenvalue weighted by Gasteiger charge is -2.02. The minimum absolute atomic E-state index is 1.20. The molecule has 0 aliphatic rings. The first-order valence-corrected chi connectivity index (χ1v) is 14.7. The maximum absolute atomic E-state index is 3.75. The van der Waals surface area contributed by atoms with Gasteiger partial charge in [0, 0.05) is 0 Å². The molecule has 0 unspecified atom stereocenters. The maximum atomic E-state index is 3.75. The van der Waals surface area contributed by atoms with Gasteiger partial charge >= 0.3 is 0 Å². The van der Waals surface area contributed by atoms with E-state index < -0.39 is 0 Å². The second kappa shape index (κ2) is 34.8. The molecule has 0 amide bonds. The van der Waals surface area contributed by atoms with Crippen molar-refractivity contribution in [2.75, 3.05) is 0 Å². The highest BCUT2D eigenvalue weighted by molar-refractivity contribution is 4.66. The fourth-order valence-corrected chi connectivity index (χ4v) is 4.12. The van der Waals surface area contributed by atoms with Crippen LogP contribution in [-0.2, 0) is 0 Å². The van der Waals surface area contributed by atoms with Crippen molar-refractivity contribution in [1.29, 1.82) is 0 Å². The lowest BCUT2D eigenvalue weighted by Crippen LogP contribution is -1.82. The van der Waals surface area contributed by atoms with Crippen LogP contribution >= 0.6 is 0 Å². The van der Waals surface area contributed by atoms with Crippen LogP contribution in [0.1, 0.15) is 167 Å². The number of hydrogen-bond donors (Lipinski definition) is 0. The zero-order valence-corrected chi connectivity index (χ0v) is 22.5. The van der Waals surface area contributed by atoms with Gasteiger partial charge in [0.15, 0.2) is 0 Å². The quantitative estimate of drug-likeness (QED) is 0.0915. The highest BCUT2D eigenvalue weighted by Crippen LogP contribution is 2.13. The molecule has 0 N–H and O–H groups in total. The van der Waals surface area contributed by atoms with Gasteiger partial charge in [0.25, 0.3) is 0 Å². The van der Waals surface area contributed by atoms with E-state index in [1.54, 1.807) is 0 Å². The minimum atomic E-state index is 1.20. The van der Waals surface area contributed by atoms with E-state index in [1.807, 2.05) is 18.2 Å². The van der Waals surface area contributed by atoms with Crippen molar-refractivity contribution in [2.45, 2.75) is 167 Å². The fourth-order valence-electron chi connectivity index (χ4n) is 4.12. The first-order chi connectivity index (χ1) is 15.8. The molecule has 0 heteroatoms. The third-order valence-electron chi connectivity index (χ3n) is 6.33. The molecule has 0 aromatic heterocycles. The van der Waals surface area contributed by atoms with E-state index in [0.717, 1.165) is 0 Å². The summed E-state index contributed by atoms with van der Waals surface area (Å²) in [6, 6.07) is 0. The van der Waals surface area contributed by atoms with Crippen LogP contribution in [0.3, 0.4) is 0 Å². The topological polar surface area (TPSA) is 0 Å². The number of allylic oxidation sites excluding steroid dienone is 3. The van der Waals surface area contributed by atoms with Gasteiger partial charge in [0.2, 0.25) is 0 Å². The number of hydrogen-bond acceptors (Lipinski definition) is 0. The molecule has 0 aliphatic carbocycles. The summed E-state index contributed by atoms with van der Waals surface area (Å²) < 4.78 is 0. The normalized spacial score (nSPS) is 10.4. The molecule has 0 rings (SSSR count). The number of unbranched alkanes of at least 4 members (excludes halogenated alkanes) is 23. The molecule has 0 saturated carbocycles. The van der Waals surface area contributed by atoms with Gasteiger partial charge in [-0.3, -0.25) is 0 Å². The maximum Gasteiger partial charge on any atom is -0.0353 e. The molecule has 32 heavy (non-hydrogen) atoms. The molecule has 0 spiro atoms. The lowest BCUT2D eigenvalue weighted by molar-refractivity contribution is 0.542. The molecule has 0 heterocycles. The molecule has 0 aliphatic heterocycles. The second-order valence-corrected chi connectivity index (χ2v) is 9.66. The molecule has 0 bridgehead atoms. The fraction of sp³-hybridized carbons (Fsp3) is 0.812. The zero-order chi connectivity index (χ0) is 23.8. The monoisotopic (exact) mass is 446 g/mol. The van der Waals surface area contributed by atoms with Crippen molar-refractivity contribution < 1.29 is 0 Å². The SMILES string of the molecule is C=CCCCCCCCCCCCC.C=CCCCCCCCCCCCCCCC=C. The van der Waals surface area contributed by atoms with Gasteiger partial charge in [0.05, 0.1) is 0 Å². The Morgan fingerprint density at radius 3 is 0.688 bits per heavy atom. The molecular weight excluding hydrogens is 384 g/mol. The predicted octanol–water partition coefficient (Wildman–Crippen LogP) is 12.3. The third kappa shape index (κ3) is 36.6. The van der Waals surface area contributed by atoms with Crippen LogP contribution in [0.5, 0.6) is 0 Å². The van der Waals surface area contributed by atoms with Crippen LogP contribution in [0.2, 0.25) is 0 Å². The van der Waals surface area contributed by atoms with Crippen molar-refractivity contribution in [3.05, 3.63) is 38.0 Å². The Morgan fingerprint density at radius 1 is 0.312 bits per heavy atom. The van der Waals surface area contributed by atoms with Gasteiger partial charge < -0.3 is 0 Å². The zero-order valence-electron chi connectivity index (χ0n) is 22.5. The highest BCUT2D eigenvalue weighted by Gasteiger charge is 1.93. The Balaban J connectivity index is 0. The minimum Gasteiger partial charge on any atom is -0.103 e. The molecule has 0 aromatic rings. The largest absolute Gasteiger partial charge is 0.103 e. The van der Waals surface area contributed by atoms with Crippen LogP contribution in [-0.4, -0.2) is 0 Å². The van der Waals surface area contributed by atoms with Crippen molar-refractivity contribution in [2.24, 2.45) is 0 Å². The summed E-state index contributed by atoms with van der Waals surface area (Å²) in [5, 5.41) is 0. The standard InChI is InChI=1S/C18H34.C14H28/c1-3-5-7-9-11-13-15-17-18-16-14-12-10-8-6-4-2;1-3-5-7-9-11-13-14-12-10-8-6-4-2/h3-4H,1-2,5-18H2;3H,1,4-14H2,2H3. The molecule has 0 radical (unpaired) electrons. The molecule has 190 valence electrons. The summed E-state index contributed by atoms with van der Waals surface area (Å²) in [4.78, 5) is 0. The van der Waals surface area contributed by atoms with Crippen molar-refractivity contribution in [3.8, 4) is 0 Å². The van der Waals surface area contributed by atoms with Crippen LogP contribution in [0.25, 0.3) is 0 Å². The van der Waals surface area contributed by atoms with Gasteiger partial charge in [-0.05, 0) is 38.5 Å². The molecule has 0 nitrogen and oxygen atoms in total. The average Bonchev–Trinajstić information content (AvgIpc) is 2.81. The Bertz CT molecular complexity index is 320. The predicted molar refractivity (Wildman–Crippen MR) is 152 cm³/mol. The van der Waals surface area contributed by atoms with E-state index >= 15 is 0 Å². The average molecular weight is 447 g/mol. The lowest BCUT2D eigenvalue weighted by atomic mass is 10.0. The van der Waals surface area contributed by atoms with E-state index in [-0.39, 0.29) is 0 Å². The van der Waals surface area contributed by atoms with E-state index in [0.29, 0.717) is 0 Å². The molecule has 0 atom stereocenters. The Kier molecular flexibility index (Phi) is 36.3. The van der Waals surface area contributed by atoms with E-state index in [2.05, 4.69) is 26.7 Å². The van der Waals surface area contributed by atoms with E-state index in [4.69, 9.17) is 0 Å². The first-order valence-electron chi connectivity index (χ1n) is 14.7. The van der Waals surface area contributed by atoms with Gasteiger partial charge in [-0.15, -0.1) is 19.7 Å². The smallest absolute Gasteiger partial charge is 0.0353 e. The highest BCUT2D eigenvalue weighted by atomic mass is 14.0. The first kappa shape index (κ1) is 33.4. The Labute approximate surface area is 205 Å². The molecular formula is C32H62. The Morgan fingerprint density at radius 2 is 0.500 bits per heavy atom. The van der Waals surface area contributed by atoms with E-state index in [9.17, 15) is 0 Å². The van der Waals surface area contributed by atoms with Crippen molar-refractivity contribution in [1.82, 2.24) is 0 Å². The van der Waals surface area contributed by atoms with Crippen LogP contribution < -0.4 is 0 Å². The van der Waals surface area contributed by atoms with Gasteiger partial charge in [-0.2, -0.15) is 0 Å². The number of rotatable bonds is 26. The van der Waals surface area contributed by atoms with Gasteiger partial charge in [-0.25, -0.2) is 0 Å². The summed E-state index contributed by atoms with van der Waals surface area (Å²) in [5.74, 6) is 0. The van der Waals surface area contributed by atoms with E-state index in [1.165, 1.54) is 161 Å². The second-order valence-electron chi connectivity index (χ2n) is 9.66. The summed E-state index contributed by atoms with van der Waals surface area (Å²) in [7, 11) is 0. The summed E-state index contributed by atoms with van der Waals surface area (Å²) in [5.41, 5.74) is 0. The molecule has 0 fully saturated rings. The van der Waals surface area contributed by atoms with Crippen LogP contribution in [0.15, 0.2) is 38.0 Å². The molecule has 0 saturated heterocycles. The molecule has 0 aromatic carbocycles. The summed E-state index contributed by atoms with van der Waals surface area (Å²) in [6.07, 6.45) is 41.0. The van der Waals surface area contributed by atoms with Gasteiger partial charge in [-0.1, -0.05) is 147 Å². The van der Waals surface area contributed by atoms with Crippen LogP contribution in [0, 0.1) is 0 Å². The summed E-state index contributed by atoms with van der Waals surface area (Å²) in [6.45, 7) is 13.5. The summed E-state index contributed by atoms with van der Waals surface area (Å²) >= 11 is 0. The van der Waals surface area contributed by atoms with Crippen LogP contribution in [0.4, 0.5) is 0 Å².